The molecule has 0 aromatic heterocycles. The number of piperazine rings is 1. The molecule has 0 spiro atoms. The number of para-hydroxylation sites is 1. The zero-order valence-electron chi connectivity index (χ0n) is 16.3. The Morgan fingerprint density at radius 3 is 2.62 bits per heavy atom. The van der Waals surface area contributed by atoms with E-state index in [0.717, 1.165) is 17.9 Å². The molecule has 0 bridgehead atoms. The quantitative estimate of drug-likeness (QED) is 0.684. The smallest absolute Gasteiger partial charge is 0.242 e. The second kappa shape index (κ2) is 12.0. The number of carbonyl (C=O) groups excluding carboxylic acids is 1. The number of hydrogen-bond donors (Lipinski definition) is 2. The van der Waals surface area contributed by atoms with Gasteiger partial charge < -0.3 is 25.0 Å². The molecular weight excluding hydrogens is 437 g/mol. The summed E-state index contributed by atoms with van der Waals surface area (Å²) in [7, 11) is 3.23. The van der Waals surface area contributed by atoms with Crippen LogP contribution in [-0.4, -0.2) is 51.2 Å². The molecule has 1 amide bonds. The van der Waals surface area contributed by atoms with Gasteiger partial charge in [0, 0.05) is 30.2 Å². The standard InChI is InChI=1S/C20H24ClN3O3.2ClH/c1-26-18-6-4-3-5-15(18)17-12-22-9-10-24(17)20(25)13-23-16-11-14(21)7-8-19(16)27-2;;/h3-8,11,17,22-23H,9-10,12-13H2,1-2H3;2*1H. The zero-order chi connectivity index (χ0) is 19.2. The van der Waals surface area contributed by atoms with Crippen LogP contribution >= 0.6 is 36.4 Å². The summed E-state index contributed by atoms with van der Waals surface area (Å²) in [6, 6.07) is 13.0. The van der Waals surface area contributed by atoms with Crippen LogP contribution in [0.3, 0.4) is 0 Å². The summed E-state index contributed by atoms with van der Waals surface area (Å²) >= 11 is 6.06. The van der Waals surface area contributed by atoms with Crippen molar-refractivity contribution >= 4 is 48.0 Å². The largest absolute Gasteiger partial charge is 0.496 e. The van der Waals surface area contributed by atoms with Gasteiger partial charge in [0.1, 0.15) is 11.5 Å². The number of rotatable bonds is 6. The molecule has 1 aliphatic rings. The molecule has 3 rings (SSSR count). The highest BCUT2D eigenvalue weighted by Gasteiger charge is 2.29. The summed E-state index contributed by atoms with van der Waals surface area (Å²) < 4.78 is 10.8. The van der Waals surface area contributed by atoms with E-state index in [2.05, 4.69) is 10.6 Å². The highest BCUT2D eigenvalue weighted by molar-refractivity contribution is 6.30. The number of hydrogen-bond acceptors (Lipinski definition) is 5. The van der Waals surface area contributed by atoms with E-state index >= 15 is 0 Å². The maximum atomic E-state index is 13.0. The Labute approximate surface area is 188 Å². The van der Waals surface area contributed by atoms with Gasteiger partial charge in [-0.05, 0) is 24.3 Å². The molecule has 6 nitrogen and oxygen atoms in total. The fourth-order valence-electron chi connectivity index (χ4n) is 3.31. The van der Waals surface area contributed by atoms with Crippen LogP contribution in [-0.2, 0) is 4.79 Å². The number of halogens is 3. The van der Waals surface area contributed by atoms with Gasteiger partial charge >= 0.3 is 0 Å². The van der Waals surface area contributed by atoms with Gasteiger partial charge in [-0.3, -0.25) is 4.79 Å². The van der Waals surface area contributed by atoms with Crippen molar-refractivity contribution in [2.45, 2.75) is 6.04 Å². The van der Waals surface area contributed by atoms with E-state index in [9.17, 15) is 4.79 Å². The van der Waals surface area contributed by atoms with Crippen LogP contribution in [0.5, 0.6) is 11.5 Å². The van der Waals surface area contributed by atoms with Crippen LogP contribution in [0.2, 0.25) is 5.02 Å². The van der Waals surface area contributed by atoms with E-state index in [1.807, 2.05) is 29.2 Å². The molecule has 1 fully saturated rings. The molecule has 2 aromatic carbocycles. The molecule has 2 aromatic rings. The Hall–Kier alpha value is -1.86. The molecular formula is C20H26Cl3N3O3. The summed E-state index contributed by atoms with van der Waals surface area (Å²) in [6.07, 6.45) is 0. The first-order chi connectivity index (χ1) is 13.1. The van der Waals surface area contributed by atoms with Crippen LogP contribution < -0.4 is 20.1 Å². The molecule has 0 aliphatic carbocycles. The summed E-state index contributed by atoms with van der Waals surface area (Å²) in [6.45, 7) is 2.24. The van der Waals surface area contributed by atoms with Gasteiger partial charge in [-0.1, -0.05) is 29.8 Å². The molecule has 1 unspecified atom stereocenters. The maximum Gasteiger partial charge on any atom is 0.242 e. The molecule has 160 valence electrons. The van der Waals surface area contributed by atoms with Gasteiger partial charge in [0.15, 0.2) is 0 Å². The monoisotopic (exact) mass is 461 g/mol. The average molecular weight is 463 g/mol. The Morgan fingerprint density at radius 2 is 1.90 bits per heavy atom. The van der Waals surface area contributed by atoms with Gasteiger partial charge in [0.2, 0.25) is 5.91 Å². The molecule has 1 saturated heterocycles. The highest BCUT2D eigenvalue weighted by Crippen LogP contribution is 2.31. The summed E-state index contributed by atoms with van der Waals surface area (Å²) in [5.41, 5.74) is 1.70. The third-order valence-electron chi connectivity index (χ3n) is 4.65. The first-order valence-corrected chi connectivity index (χ1v) is 9.22. The number of benzene rings is 2. The van der Waals surface area contributed by atoms with E-state index < -0.39 is 0 Å². The van der Waals surface area contributed by atoms with Crippen LogP contribution in [0.15, 0.2) is 42.5 Å². The number of carbonyl (C=O) groups is 1. The van der Waals surface area contributed by atoms with Crippen LogP contribution in [0.4, 0.5) is 5.69 Å². The fourth-order valence-corrected chi connectivity index (χ4v) is 3.49. The van der Waals surface area contributed by atoms with Crippen molar-refractivity contribution in [2.75, 3.05) is 45.7 Å². The molecule has 1 heterocycles. The topological polar surface area (TPSA) is 62.8 Å². The first kappa shape index (κ1) is 25.2. The van der Waals surface area contributed by atoms with Gasteiger partial charge in [0.25, 0.3) is 0 Å². The lowest BCUT2D eigenvalue weighted by Gasteiger charge is -2.37. The van der Waals surface area contributed by atoms with Crippen molar-refractivity contribution in [1.82, 2.24) is 10.2 Å². The highest BCUT2D eigenvalue weighted by atomic mass is 35.5. The molecule has 2 N–H and O–H groups in total. The van der Waals surface area contributed by atoms with Crippen LogP contribution in [0.1, 0.15) is 11.6 Å². The Morgan fingerprint density at radius 1 is 1.17 bits per heavy atom. The normalized spacial score (nSPS) is 15.6. The minimum Gasteiger partial charge on any atom is -0.496 e. The predicted octanol–water partition coefficient (Wildman–Crippen LogP) is 3.79. The first-order valence-electron chi connectivity index (χ1n) is 8.84. The number of methoxy groups -OCH3 is 2. The van der Waals surface area contributed by atoms with E-state index in [-0.39, 0.29) is 43.3 Å². The molecule has 1 atom stereocenters. The Bertz CT molecular complexity index is 808. The molecule has 9 heteroatoms. The SMILES string of the molecule is COc1ccc(Cl)cc1NCC(=O)N1CCNCC1c1ccccc1OC.Cl.Cl. The number of nitrogens with zero attached hydrogens (tertiary/aromatic N) is 1. The van der Waals surface area contributed by atoms with E-state index in [4.69, 9.17) is 21.1 Å². The van der Waals surface area contributed by atoms with Gasteiger partial charge in [-0.25, -0.2) is 0 Å². The number of nitrogens with one attached hydrogen (secondary N) is 2. The molecule has 0 radical (unpaired) electrons. The van der Waals surface area contributed by atoms with Gasteiger partial charge in [-0.2, -0.15) is 0 Å². The summed E-state index contributed by atoms with van der Waals surface area (Å²) in [4.78, 5) is 14.8. The van der Waals surface area contributed by atoms with Crippen molar-refractivity contribution in [3.8, 4) is 11.5 Å². The van der Waals surface area contributed by atoms with Crippen molar-refractivity contribution < 1.29 is 14.3 Å². The van der Waals surface area contributed by atoms with Crippen molar-refractivity contribution in [2.24, 2.45) is 0 Å². The van der Waals surface area contributed by atoms with Crippen molar-refractivity contribution in [3.05, 3.63) is 53.1 Å². The average Bonchev–Trinajstić information content (AvgIpc) is 2.72. The minimum absolute atomic E-state index is 0. The lowest BCUT2D eigenvalue weighted by Crippen LogP contribution is -2.50. The van der Waals surface area contributed by atoms with E-state index in [0.29, 0.717) is 29.5 Å². The predicted molar refractivity (Wildman–Crippen MR) is 121 cm³/mol. The lowest BCUT2D eigenvalue weighted by molar-refractivity contribution is -0.132. The second-order valence-electron chi connectivity index (χ2n) is 6.25. The molecule has 29 heavy (non-hydrogen) atoms. The third-order valence-corrected chi connectivity index (χ3v) is 4.89. The van der Waals surface area contributed by atoms with E-state index in [1.165, 1.54) is 0 Å². The maximum absolute atomic E-state index is 13.0. The number of anilines is 1. The fraction of sp³-hybridized carbons (Fsp3) is 0.350. The number of ether oxygens (including phenoxy) is 2. The summed E-state index contributed by atoms with van der Waals surface area (Å²) in [5, 5.41) is 7.10. The second-order valence-corrected chi connectivity index (χ2v) is 6.68. The van der Waals surface area contributed by atoms with Gasteiger partial charge in [0.05, 0.1) is 32.5 Å². The molecule has 1 aliphatic heterocycles. The molecule has 0 saturated carbocycles. The number of amides is 1. The summed E-state index contributed by atoms with van der Waals surface area (Å²) in [5.74, 6) is 1.44. The van der Waals surface area contributed by atoms with Crippen molar-refractivity contribution in [3.63, 3.8) is 0 Å². The van der Waals surface area contributed by atoms with Crippen LogP contribution in [0, 0.1) is 0 Å². The van der Waals surface area contributed by atoms with Crippen molar-refractivity contribution in [1.29, 1.82) is 0 Å². The Balaban J connectivity index is 0.00000210. The third kappa shape index (κ3) is 6.06. The Kier molecular flexibility index (Phi) is 10.4. The lowest BCUT2D eigenvalue weighted by atomic mass is 10.0. The van der Waals surface area contributed by atoms with Crippen LogP contribution in [0.25, 0.3) is 0 Å². The van der Waals surface area contributed by atoms with E-state index in [1.54, 1.807) is 32.4 Å². The minimum atomic E-state index is -0.0783. The van der Waals surface area contributed by atoms with Gasteiger partial charge in [-0.15, -0.1) is 24.8 Å². The zero-order valence-corrected chi connectivity index (χ0v) is 18.7.